The van der Waals surface area contributed by atoms with Gasteiger partial charge in [0.2, 0.25) is 0 Å². The first kappa shape index (κ1) is 21.7. The fourth-order valence-corrected chi connectivity index (χ4v) is 4.04. The van der Waals surface area contributed by atoms with E-state index in [2.05, 4.69) is 112 Å². The number of rotatable bonds is 3. The van der Waals surface area contributed by atoms with Crippen LogP contribution in [0.3, 0.4) is 0 Å². The van der Waals surface area contributed by atoms with E-state index in [1.54, 1.807) is 0 Å². The Kier molecular flexibility index (Phi) is 6.00. The van der Waals surface area contributed by atoms with Crippen molar-refractivity contribution in [3.8, 4) is 0 Å². The van der Waals surface area contributed by atoms with E-state index in [1.165, 1.54) is 27.8 Å². The van der Waals surface area contributed by atoms with E-state index in [1.807, 2.05) is 0 Å². The second-order valence-electron chi connectivity index (χ2n) is 11.3. The van der Waals surface area contributed by atoms with E-state index in [-0.39, 0.29) is 16.2 Å². The Labute approximate surface area is 168 Å². The van der Waals surface area contributed by atoms with Crippen LogP contribution >= 0.6 is 0 Å². The molecule has 0 heterocycles. The van der Waals surface area contributed by atoms with Crippen LogP contribution in [0.1, 0.15) is 103 Å². The van der Waals surface area contributed by atoms with Gasteiger partial charge in [-0.25, -0.2) is 0 Å². The molecule has 0 aliphatic carbocycles. The van der Waals surface area contributed by atoms with E-state index in [4.69, 9.17) is 0 Å². The van der Waals surface area contributed by atoms with Crippen LogP contribution in [0.2, 0.25) is 0 Å². The van der Waals surface area contributed by atoms with Crippen LogP contribution in [-0.2, 0) is 22.7 Å². The third-order valence-corrected chi connectivity index (χ3v) is 5.56. The molecule has 0 amide bonds. The summed E-state index contributed by atoms with van der Waals surface area (Å²) in [6.45, 7) is 23.3. The standard InChI is InChI=1S/C27H40/c1-19(20-13-11-15-22(18-20)25(2,3)4)17-21-14-12-16-23(26(5,6)7)24(21)27(8,9)10/h11-16,18-19H,17H2,1-10H3. The minimum absolute atomic E-state index is 0.145. The third-order valence-electron chi connectivity index (χ3n) is 5.56. The van der Waals surface area contributed by atoms with Crippen LogP contribution in [0.5, 0.6) is 0 Å². The van der Waals surface area contributed by atoms with E-state index in [0.29, 0.717) is 5.92 Å². The highest BCUT2D eigenvalue weighted by atomic mass is 14.3. The van der Waals surface area contributed by atoms with Crippen molar-refractivity contribution in [1.29, 1.82) is 0 Å². The molecule has 0 aromatic heterocycles. The molecule has 27 heavy (non-hydrogen) atoms. The van der Waals surface area contributed by atoms with Crippen LogP contribution in [0.25, 0.3) is 0 Å². The summed E-state index contributed by atoms with van der Waals surface area (Å²) in [6.07, 6.45) is 1.09. The molecule has 1 unspecified atom stereocenters. The van der Waals surface area contributed by atoms with Gasteiger partial charge in [0.1, 0.15) is 0 Å². The molecule has 0 nitrogen and oxygen atoms in total. The maximum atomic E-state index is 2.41. The maximum absolute atomic E-state index is 2.41. The first-order valence-corrected chi connectivity index (χ1v) is 10.4. The first-order chi connectivity index (χ1) is 12.2. The Morgan fingerprint density at radius 1 is 0.704 bits per heavy atom. The molecule has 2 aromatic carbocycles. The summed E-state index contributed by atoms with van der Waals surface area (Å²) in [5.41, 5.74) is 7.90. The second-order valence-corrected chi connectivity index (χ2v) is 11.3. The summed E-state index contributed by atoms with van der Waals surface area (Å²) >= 11 is 0. The lowest BCUT2D eigenvalue weighted by Crippen LogP contribution is -2.24. The molecule has 0 spiro atoms. The van der Waals surface area contributed by atoms with Gasteiger partial charge in [-0.15, -0.1) is 0 Å². The van der Waals surface area contributed by atoms with Gasteiger partial charge in [0.05, 0.1) is 0 Å². The van der Waals surface area contributed by atoms with E-state index < -0.39 is 0 Å². The Hall–Kier alpha value is -1.56. The zero-order valence-corrected chi connectivity index (χ0v) is 19.3. The molecule has 0 saturated heterocycles. The van der Waals surface area contributed by atoms with Crippen molar-refractivity contribution in [3.63, 3.8) is 0 Å². The SMILES string of the molecule is CC(Cc1cccc(C(C)(C)C)c1C(C)(C)C)c1cccc(C(C)(C)C)c1. The minimum atomic E-state index is 0.145. The van der Waals surface area contributed by atoms with Gasteiger partial charge >= 0.3 is 0 Å². The van der Waals surface area contributed by atoms with Gasteiger partial charge in [-0.3, -0.25) is 0 Å². The van der Waals surface area contributed by atoms with Gasteiger partial charge in [-0.1, -0.05) is 112 Å². The van der Waals surface area contributed by atoms with Crippen LogP contribution in [0.4, 0.5) is 0 Å². The Morgan fingerprint density at radius 3 is 1.81 bits per heavy atom. The van der Waals surface area contributed by atoms with Crippen molar-refractivity contribution < 1.29 is 0 Å². The summed E-state index contributed by atoms with van der Waals surface area (Å²) in [5.74, 6) is 0.503. The molecule has 148 valence electrons. The highest BCUT2D eigenvalue weighted by Crippen LogP contribution is 2.38. The van der Waals surface area contributed by atoms with E-state index >= 15 is 0 Å². The van der Waals surface area contributed by atoms with Crippen LogP contribution in [-0.4, -0.2) is 0 Å². The molecule has 0 aliphatic rings. The first-order valence-electron chi connectivity index (χ1n) is 10.4. The molecule has 1 atom stereocenters. The maximum Gasteiger partial charge on any atom is -0.0126 e. The molecule has 2 rings (SSSR count). The quantitative estimate of drug-likeness (QED) is 0.518. The molecule has 0 bridgehead atoms. The summed E-state index contributed by atoms with van der Waals surface area (Å²) in [7, 11) is 0. The number of hydrogen-bond donors (Lipinski definition) is 0. The predicted octanol–water partition coefficient (Wildman–Crippen LogP) is 7.93. The topological polar surface area (TPSA) is 0 Å². The van der Waals surface area contributed by atoms with Crippen molar-refractivity contribution in [2.75, 3.05) is 0 Å². The van der Waals surface area contributed by atoms with Gasteiger partial charge in [0.15, 0.2) is 0 Å². The lowest BCUT2D eigenvalue weighted by molar-refractivity contribution is 0.522. The van der Waals surface area contributed by atoms with Crippen molar-refractivity contribution >= 4 is 0 Å². The molecule has 0 fully saturated rings. The summed E-state index contributed by atoms with van der Waals surface area (Å²) < 4.78 is 0. The lowest BCUT2D eigenvalue weighted by atomic mass is 9.72. The zero-order valence-electron chi connectivity index (χ0n) is 19.3. The minimum Gasteiger partial charge on any atom is -0.0617 e. The van der Waals surface area contributed by atoms with E-state index in [9.17, 15) is 0 Å². The van der Waals surface area contributed by atoms with Gasteiger partial charge < -0.3 is 0 Å². The molecule has 0 heteroatoms. The third kappa shape index (κ3) is 5.24. The number of benzene rings is 2. The highest BCUT2D eigenvalue weighted by molar-refractivity contribution is 5.45. The number of hydrogen-bond acceptors (Lipinski definition) is 0. The molecular formula is C27H40. The van der Waals surface area contributed by atoms with Gasteiger partial charge in [0.25, 0.3) is 0 Å². The fraction of sp³-hybridized carbons (Fsp3) is 0.556. The van der Waals surface area contributed by atoms with E-state index in [0.717, 1.165) is 6.42 Å². The summed E-state index contributed by atoms with van der Waals surface area (Å²) in [5, 5.41) is 0. The van der Waals surface area contributed by atoms with Gasteiger partial charge in [-0.05, 0) is 56.4 Å². The van der Waals surface area contributed by atoms with Crippen molar-refractivity contribution in [3.05, 3.63) is 70.3 Å². The average Bonchev–Trinajstić information content (AvgIpc) is 2.52. The van der Waals surface area contributed by atoms with Crippen molar-refractivity contribution in [2.45, 2.75) is 97.8 Å². The van der Waals surface area contributed by atoms with Gasteiger partial charge in [-0.2, -0.15) is 0 Å². The average molecular weight is 365 g/mol. The summed E-state index contributed by atoms with van der Waals surface area (Å²) in [6, 6.07) is 16.1. The van der Waals surface area contributed by atoms with Crippen LogP contribution in [0, 0.1) is 0 Å². The van der Waals surface area contributed by atoms with Gasteiger partial charge in [0, 0.05) is 0 Å². The molecule has 0 radical (unpaired) electrons. The molecule has 0 saturated carbocycles. The molecule has 0 aliphatic heterocycles. The Bertz CT molecular complexity index is 773. The lowest BCUT2D eigenvalue weighted by Gasteiger charge is -2.33. The predicted molar refractivity (Wildman–Crippen MR) is 121 cm³/mol. The van der Waals surface area contributed by atoms with Crippen molar-refractivity contribution in [2.24, 2.45) is 0 Å². The summed E-state index contributed by atoms with van der Waals surface area (Å²) in [4.78, 5) is 0. The highest BCUT2D eigenvalue weighted by Gasteiger charge is 2.28. The smallest absolute Gasteiger partial charge is 0.0126 e. The zero-order chi connectivity index (χ0) is 20.6. The monoisotopic (exact) mass is 364 g/mol. The fourth-order valence-electron chi connectivity index (χ4n) is 4.04. The molecular weight excluding hydrogens is 324 g/mol. The Balaban J connectivity index is 2.46. The second kappa shape index (κ2) is 7.46. The van der Waals surface area contributed by atoms with Crippen LogP contribution in [0.15, 0.2) is 42.5 Å². The molecule has 0 N–H and O–H groups in total. The van der Waals surface area contributed by atoms with Crippen LogP contribution < -0.4 is 0 Å². The Morgan fingerprint density at radius 2 is 1.30 bits per heavy atom. The van der Waals surface area contributed by atoms with Crippen molar-refractivity contribution in [1.82, 2.24) is 0 Å². The largest absolute Gasteiger partial charge is 0.0617 e. The molecule has 2 aromatic rings. The normalized spacial score (nSPS) is 14.3.